The molecule has 0 spiro atoms. The monoisotopic (exact) mass is 329 g/mol. The number of aryl methyl sites for hydroxylation is 2. The number of hydrogen-bond donors (Lipinski definition) is 0. The maximum Gasteiger partial charge on any atom is 0.332 e. The van der Waals surface area contributed by atoms with Gasteiger partial charge in [0.1, 0.15) is 0 Å². The number of imidazole rings is 2. The summed E-state index contributed by atoms with van der Waals surface area (Å²) in [5.41, 5.74) is 1.26. The van der Waals surface area contributed by atoms with Crippen molar-refractivity contribution >= 4 is 16.9 Å². The van der Waals surface area contributed by atoms with Crippen molar-refractivity contribution in [2.45, 2.75) is 46.7 Å². The van der Waals surface area contributed by atoms with Crippen molar-refractivity contribution in [1.82, 2.24) is 23.1 Å². The van der Waals surface area contributed by atoms with Gasteiger partial charge in [0.15, 0.2) is 11.2 Å². The van der Waals surface area contributed by atoms with Crippen LogP contribution < -0.4 is 11.2 Å². The highest BCUT2D eigenvalue weighted by atomic mass is 16.2. The first kappa shape index (κ1) is 16.3. The third-order valence-electron chi connectivity index (χ3n) is 4.62. The molecule has 7 nitrogen and oxygen atoms in total. The molecule has 3 rings (SSSR count). The maximum absolute atomic E-state index is 12.9. The highest BCUT2D eigenvalue weighted by molar-refractivity contribution is 5.75. The summed E-state index contributed by atoms with van der Waals surface area (Å²) in [6, 6.07) is 0.265. The highest BCUT2D eigenvalue weighted by Crippen LogP contribution is 2.21. The molecule has 3 aromatic rings. The van der Waals surface area contributed by atoms with Crippen molar-refractivity contribution in [2.75, 3.05) is 0 Å². The first-order valence-electron chi connectivity index (χ1n) is 8.22. The summed E-state index contributed by atoms with van der Waals surface area (Å²) in [5.74, 6) is 0.702. The Morgan fingerprint density at radius 2 is 2.04 bits per heavy atom. The van der Waals surface area contributed by atoms with Gasteiger partial charge in [0.25, 0.3) is 5.56 Å². The lowest BCUT2D eigenvalue weighted by atomic mass is 10.2. The van der Waals surface area contributed by atoms with Crippen molar-refractivity contribution in [3.05, 3.63) is 44.9 Å². The zero-order valence-electron chi connectivity index (χ0n) is 14.8. The average Bonchev–Trinajstić information content (AvgIpc) is 3.06. The van der Waals surface area contributed by atoms with Crippen LogP contribution >= 0.6 is 0 Å². The van der Waals surface area contributed by atoms with Crippen LogP contribution in [0.15, 0.2) is 27.9 Å². The number of rotatable bonds is 4. The van der Waals surface area contributed by atoms with Gasteiger partial charge in [-0.15, -0.1) is 0 Å². The average molecular weight is 329 g/mol. The van der Waals surface area contributed by atoms with Gasteiger partial charge in [-0.05, 0) is 27.2 Å². The van der Waals surface area contributed by atoms with Crippen LogP contribution in [0.2, 0.25) is 0 Å². The molecule has 0 aromatic carbocycles. The van der Waals surface area contributed by atoms with E-state index < -0.39 is 0 Å². The summed E-state index contributed by atoms with van der Waals surface area (Å²) < 4.78 is 6.61. The molecule has 0 N–H and O–H groups in total. The summed E-state index contributed by atoms with van der Waals surface area (Å²) in [6.45, 7) is 8.36. The largest absolute Gasteiger partial charge is 0.332 e. The molecule has 7 heteroatoms. The molecule has 0 aliphatic carbocycles. The second-order valence-electron chi connectivity index (χ2n) is 6.18. The molecule has 0 saturated carbocycles. The van der Waals surface area contributed by atoms with E-state index >= 15 is 0 Å². The molecule has 24 heavy (non-hydrogen) atoms. The minimum absolute atomic E-state index is 0.260. The van der Waals surface area contributed by atoms with Crippen molar-refractivity contribution in [3.63, 3.8) is 0 Å². The predicted octanol–water partition coefficient (Wildman–Crippen LogP) is 2.00. The van der Waals surface area contributed by atoms with Gasteiger partial charge < -0.3 is 4.57 Å². The Morgan fingerprint density at radius 1 is 1.33 bits per heavy atom. The zero-order valence-corrected chi connectivity index (χ0v) is 14.8. The summed E-state index contributed by atoms with van der Waals surface area (Å²) in [6.07, 6.45) is 6.50. The van der Waals surface area contributed by atoms with Gasteiger partial charge in [0, 0.05) is 31.5 Å². The van der Waals surface area contributed by atoms with E-state index in [-0.39, 0.29) is 23.8 Å². The van der Waals surface area contributed by atoms with Gasteiger partial charge in [-0.2, -0.15) is 4.98 Å². The van der Waals surface area contributed by atoms with Gasteiger partial charge in [-0.3, -0.25) is 18.3 Å². The van der Waals surface area contributed by atoms with Crippen LogP contribution in [0.5, 0.6) is 0 Å². The molecule has 1 atom stereocenters. The lowest BCUT2D eigenvalue weighted by Crippen LogP contribution is -2.39. The third-order valence-corrected chi connectivity index (χ3v) is 4.62. The van der Waals surface area contributed by atoms with Crippen LogP contribution in [0.25, 0.3) is 16.9 Å². The molecule has 3 heterocycles. The van der Waals surface area contributed by atoms with E-state index in [9.17, 15) is 9.59 Å². The zero-order chi connectivity index (χ0) is 17.6. The Bertz CT molecular complexity index is 1060. The molecule has 0 saturated heterocycles. The minimum Gasteiger partial charge on any atom is -0.311 e. The number of hydrogen-bond acceptors (Lipinski definition) is 3. The second kappa shape index (κ2) is 5.81. The molecular weight excluding hydrogens is 306 g/mol. The number of fused-ring (bicyclic) bond motifs is 3. The molecule has 0 aliphatic rings. The highest BCUT2D eigenvalue weighted by Gasteiger charge is 2.21. The Balaban J connectivity index is 2.46. The predicted molar refractivity (Wildman–Crippen MR) is 94.7 cm³/mol. The topological polar surface area (TPSA) is 66.2 Å². The molecule has 0 bridgehead atoms. The van der Waals surface area contributed by atoms with Crippen molar-refractivity contribution in [3.8, 4) is 0 Å². The van der Waals surface area contributed by atoms with E-state index in [1.54, 1.807) is 13.1 Å². The molecule has 0 amide bonds. The van der Waals surface area contributed by atoms with Crippen LogP contribution in [-0.2, 0) is 13.6 Å². The van der Waals surface area contributed by atoms with Crippen molar-refractivity contribution in [1.29, 1.82) is 0 Å². The first-order valence-corrected chi connectivity index (χ1v) is 8.22. The van der Waals surface area contributed by atoms with Crippen LogP contribution in [0.3, 0.4) is 0 Å². The Labute approximate surface area is 139 Å². The van der Waals surface area contributed by atoms with Crippen molar-refractivity contribution in [2.24, 2.45) is 7.05 Å². The fraction of sp³-hybridized carbons (Fsp3) is 0.471. The fourth-order valence-corrected chi connectivity index (χ4v) is 3.13. The smallest absolute Gasteiger partial charge is 0.311 e. The maximum atomic E-state index is 12.9. The standard InChI is InChI=1S/C17H23N5O2/c1-6-8-9-20-15(23)13-14(19(5)17(20)24)18-16-21(13)10-12(4)22(16)11(3)7-2/h6,8,10-11H,7,9H2,1-5H3/b8-6+. The van der Waals surface area contributed by atoms with E-state index in [2.05, 4.69) is 23.4 Å². The summed E-state index contributed by atoms with van der Waals surface area (Å²) in [5, 5.41) is 0. The van der Waals surface area contributed by atoms with E-state index in [0.29, 0.717) is 16.9 Å². The van der Waals surface area contributed by atoms with Gasteiger partial charge >= 0.3 is 5.69 Å². The number of allylic oxidation sites excluding steroid dienone is 2. The number of nitrogens with zero attached hydrogens (tertiary/aromatic N) is 5. The molecular formula is C17H23N5O2. The molecule has 0 fully saturated rings. The Morgan fingerprint density at radius 3 is 2.67 bits per heavy atom. The Kier molecular flexibility index (Phi) is 3.95. The van der Waals surface area contributed by atoms with Crippen LogP contribution in [0.1, 0.15) is 38.9 Å². The summed E-state index contributed by atoms with van der Waals surface area (Å²) in [4.78, 5) is 30.0. The second-order valence-corrected chi connectivity index (χ2v) is 6.18. The van der Waals surface area contributed by atoms with E-state index in [0.717, 1.165) is 12.1 Å². The molecule has 3 aromatic heterocycles. The Hall–Kier alpha value is -2.57. The van der Waals surface area contributed by atoms with Crippen LogP contribution in [-0.4, -0.2) is 23.1 Å². The summed E-state index contributed by atoms with van der Waals surface area (Å²) in [7, 11) is 1.66. The van der Waals surface area contributed by atoms with Crippen LogP contribution in [0.4, 0.5) is 0 Å². The van der Waals surface area contributed by atoms with E-state index in [4.69, 9.17) is 0 Å². The van der Waals surface area contributed by atoms with Gasteiger partial charge in [-0.25, -0.2) is 4.79 Å². The molecule has 128 valence electrons. The minimum atomic E-state index is -0.349. The normalized spacial score (nSPS) is 13.5. The molecule has 0 aliphatic heterocycles. The van der Waals surface area contributed by atoms with Gasteiger partial charge in [-0.1, -0.05) is 19.1 Å². The first-order chi connectivity index (χ1) is 11.4. The number of aromatic nitrogens is 5. The summed E-state index contributed by atoms with van der Waals surface area (Å²) >= 11 is 0. The molecule has 0 radical (unpaired) electrons. The SMILES string of the molecule is C/C=C/Cn1c(=O)c2c(nc3n(C(C)CC)c(C)cn23)n(C)c1=O. The molecule has 1 unspecified atom stereocenters. The van der Waals surface area contributed by atoms with Gasteiger partial charge in [0.2, 0.25) is 5.78 Å². The lowest BCUT2D eigenvalue weighted by Gasteiger charge is -2.12. The fourth-order valence-electron chi connectivity index (χ4n) is 3.13. The van der Waals surface area contributed by atoms with Gasteiger partial charge in [0.05, 0.1) is 0 Å². The third kappa shape index (κ3) is 2.15. The quantitative estimate of drug-likeness (QED) is 0.688. The van der Waals surface area contributed by atoms with Crippen LogP contribution in [0, 0.1) is 6.92 Å². The van der Waals surface area contributed by atoms with E-state index in [1.807, 2.05) is 30.5 Å². The lowest BCUT2D eigenvalue weighted by molar-refractivity contribution is 0.532. The van der Waals surface area contributed by atoms with E-state index in [1.165, 1.54) is 9.13 Å². The van der Waals surface area contributed by atoms with Crippen molar-refractivity contribution < 1.29 is 0 Å².